The van der Waals surface area contributed by atoms with Crippen molar-refractivity contribution in [2.24, 2.45) is 0 Å². The van der Waals surface area contributed by atoms with E-state index in [2.05, 4.69) is 6.07 Å². The van der Waals surface area contributed by atoms with E-state index in [1.165, 1.54) is 5.56 Å². The molecule has 0 saturated heterocycles. The number of hydrogen-bond acceptors (Lipinski definition) is 2. The smallest absolute Gasteiger partial charge is 0.258 e. The average molecular weight is 268 g/mol. The summed E-state index contributed by atoms with van der Waals surface area (Å²) in [5, 5.41) is 0. The summed E-state index contributed by atoms with van der Waals surface area (Å²) in [6, 6.07) is 11.5. The molecular formula is C17H20N2O. The zero-order valence-electron chi connectivity index (χ0n) is 12.4. The molecule has 2 aromatic carbocycles. The van der Waals surface area contributed by atoms with E-state index >= 15 is 0 Å². The van der Waals surface area contributed by atoms with Gasteiger partial charge in [-0.05, 0) is 50.1 Å². The van der Waals surface area contributed by atoms with E-state index in [0.29, 0.717) is 11.3 Å². The number of rotatable bonds is 2. The fourth-order valence-corrected chi connectivity index (χ4v) is 2.34. The van der Waals surface area contributed by atoms with Crippen molar-refractivity contribution in [3.8, 4) is 0 Å². The number of carbonyl (C=O) groups excluding carboxylic acids is 1. The van der Waals surface area contributed by atoms with Gasteiger partial charge < -0.3 is 10.6 Å². The van der Waals surface area contributed by atoms with E-state index in [4.69, 9.17) is 5.73 Å². The Morgan fingerprint density at radius 2 is 1.70 bits per heavy atom. The van der Waals surface area contributed by atoms with Gasteiger partial charge in [0.2, 0.25) is 0 Å². The van der Waals surface area contributed by atoms with Crippen LogP contribution in [0, 0.1) is 20.8 Å². The van der Waals surface area contributed by atoms with Crippen molar-refractivity contribution in [1.29, 1.82) is 0 Å². The number of nitrogen functional groups attached to an aromatic ring is 1. The second kappa shape index (κ2) is 5.37. The normalized spacial score (nSPS) is 10.4. The molecule has 0 aliphatic rings. The third-order valence-corrected chi connectivity index (χ3v) is 3.51. The van der Waals surface area contributed by atoms with Crippen molar-refractivity contribution >= 4 is 17.3 Å². The van der Waals surface area contributed by atoms with Crippen molar-refractivity contribution in [1.82, 2.24) is 0 Å². The predicted molar refractivity (Wildman–Crippen MR) is 84.2 cm³/mol. The summed E-state index contributed by atoms with van der Waals surface area (Å²) in [5.74, 6) is -0.0400. The maximum absolute atomic E-state index is 12.6. The molecule has 20 heavy (non-hydrogen) atoms. The SMILES string of the molecule is Cc1ccc(N(C)C(=O)c2cc(N)ccc2C)c(C)c1. The quantitative estimate of drug-likeness (QED) is 0.848. The molecule has 0 unspecified atom stereocenters. The number of anilines is 2. The minimum Gasteiger partial charge on any atom is -0.399 e. The van der Waals surface area contributed by atoms with Crippen molar-refractivity contribution in [2.45, 2.75) is 20.8 Å². The lowest BCUT2D eigenvalue weighted by Crippen LogP contribution is -2.27. The van der Waals surface area contributed by atoms with Crippen LogP contribution in [-0.4, -0.2) is 13.0 Å². The molecule has 0 aliphatic carbocycles. The highest BCUT2D eigenvalue weighted by Crippen LogP contribution is 2.23. The van der Waals surface area contributed by atoms with Crippen LogP contribution in [0.25, 0.3) is 0 Å². The van der Waals surface area contributed by atoms with Crippen LogP contribution >= 0.6 is 0 Å². The summed E-state index contributed by atoms with van der Waals surface area (Å²) < 4.78 is 0. The molecule has 3 heteroatoms. The highest BCUT2D eigenvalue weighted by molar-refractivity contribution is 6.07. The van der Waals surface area contributed by atoms with Gasteiger partial charge in [-0.15, -0.1) is 0 Å². The summed E-state index contributed by atoms with van der Waals surface area (Å²) in [5.41, 5.74) is 11.2. The Morgan fingerprint density at radius 1 is 1.00 bits per heavy atom. The molecular weight excluding hydrogens is 248 g/mol. The summed E-state index contributed by atoms with van der Waals surface area (Å²) in [6.45, 7) is 5.97. The molecule has 0 atom stereocenters. The van der Waals surface area contributed by atoms with Gasteiger partial charge in [-0.1, -0.05) is 23.8 Å². The number of carbonyl (C=O) groups is 1. The molecule has 1 amide bonds. The number of hydrogen-bond donors (Lipinski definition) is 1. The van der Waals surface area contributed by atoms with Crippen LogP contribution in [-0.2, 0) is 0 Å². The topological polar surface area (TPSA) is 46.3 Å². The van der Waals surface area contributed by atoms with E-state index in [0.717, 1.165) is 16.8 Å². The Labute approximate surface area is 120 Å². The van der Waals surface area contributed by atoms with Gasteiger partial charge in [-0.3, -0.25) is 4.79 Å². The van der Waals surface area contributed by atoms with Crippen LogP contribution in [0.4, 0.5) is 11.4 Å². The van der Waals surface area contributed by atoms with Gasteiger partial charge in [0.15, 0.2) is 0 Å². The zero-order chi connectivity index (χ0) is 14.9. The van der Waals surface area contributed by atoms with Crippen molar-refractivity contribution in [3.05, 3.63) is 58.7 Å². The van der Waals surface area contributed by atoms with Crippen LogP contribution in [0.2, 0.25) is 0 Å². The van der Waals surface area contributed by atoms with E-state index in [1.54, 1.807) is 18.0 Å². The first-order valence-corrected chi connectivity index (χ1v) is 6.61. The van der Waals surface area contributed by atoms with Gasteiger partial charge in [-0.2, -0.15) is 0 Å². The van der Waals surface area contributed by atoms with E-state index in [-0.39, 0.29) is 5.91 Å². The zero-order valence-corrected chi connectivity index (χ0v) is 12.4. The highest BCUT2D eigenvalue weighted by atomic mass is 16.2. The van der Waals surface area contributed by atoms with Gasteiger partial charge in [0.05, 0.1) is 0 Å². The van der Waals surface area contributed by atoms with E-state index in [9.17, 15) is 4.79 Å². The number of aryl methyl sites for hydroxylation is 3. The Hall–Kier alpha value is -2.29. The van der Waals surface area contributed by atoms with Crippen molar-refractivity contribution < 1.29 is 4.79 Å². The summed E-state index contributed by atoms with van der Waals surface area (Å²) in [6.07, 6.45) is 0. The Bertz CT molecular complexity index is 662. The molecule has 0 aliphatic heterocycles. The number of nitrogens with zero attached hydrogens (tertiary/aromatic N) is 1. The molecule has 104 valence electrons. The maximum Gasteiger partial charge on any atom is 0.258 e. The molecule has 0 fully saturated rings. The Kier molecular flexibility index (Phi) is 3.79. The van der Waals surface area contributed by atoms with Gasteiger partial charge in [0, 0.05) is 24.0 Å². The summed E-state index contributed by atoms with van der Waals surface area (Å²) in [4.78, 5) is 14.3. The summed E-state index contributed by atoms with van der Waals surface area (Å²) in [7, 11) is 1.79. The lowest BCUT2D eigenvalue weighted by atomic mass is 10.1. The first-order chi connectivity index (χ1) is 9.40. The number of nitrogens with two attached hydrogens (primary N) is 1. The van der Waals surface area contributed by atoms with Gasteiger partial charge >= 0.3 is 0 Å². The molecule has 3 nitrogen and oxygen atoms in total. The predicted octanol–water partition coefficient (Wildman–Crippen LogP) is 3.47. The molecule has 2 N–H and O–H groups in total. The van der Waals surface area contributed by atoms with Crippen LogP contribution in [0.15, 0.2) is 36.4 Å². The van der Waals surface area contributed by atoms with Crippen molar-refractivity contribution in [3.63, 3.8) is 0 Å². The average Bonchev–Trinajstić information content (AvgIpc) is 2.40. The third kappa shape index (κ3) is 2.67. The molecule has 2 aromatic rings. The first-order valence-electron chi connectivity index (χ1n) is 6.61. The first kappa shape index (κ1) is 14.1. The van der Waals surface area contributed by atoms with Crippen LogP contribution < -0.4 is 10.6 Å². The standard InChI is InChI=1S/C17H20N2O/c1-11-5-8-16(13(3)9-11)19(4)17(20)15-10-14(18)7-6-12(15)2/h5-10H,18H2,1-4H3. The molecule has 0 bridgehead atoms. The highest BCUT2D eigenvalue weighted by Gasteiger charge is 2.17. The summed E-state index contributed by atoms with van der Waals surface area (Å²) >= 11 is 0. The monoisotopic (exact) mass is 268 g/mol. The van der Waals surface area contributed by atoms with Gasteiger partial charge in [-0.25, -0.2) is 0 Å². The number of benzene rings is 2. The lowest BCUT2D eigenvalue weighted by molar-refractivity contribution is 0.0992. The lowest BCUT2D eigenvalue weighted by Gasteiger charge is -2.21. The van der Waals surface area contributed by atoms with E-state index in [1.807, 2.05) is 45.0 Å². The molecule has 0 heterocycles. The Balaban J connectivity index is 2.40. The minimum atomic E-state index is -0.0400. The van der Waals surface area contributed by atoms with Crippen LogP contribution in [0.3, 0.4) is 0 Å². The van der Waals surface area contributed by atoms with Gasteiger partial charge in [0.25, 0.3) is 5.91 Å². The molecule has 0 aromatic heterocycles. The minimum absolute atomic E-state index is 0.0400. The van der Waals surface area contributed by atoms with Crippen LogP contribution in [0.5, 0.6) is 0 Å². The molecule has 2 rings (SSSR count). The molecule has 0 spiro atoms. The second-order valence-electron chi connectivity index (χ2n) is 5.23. The van der Waals surface area contributed by atoms with Crippen LogP contribution in [0.1, 0.15) is 27.0 Å². The van der Waals surface area contributed by atoms with E-state index < -0.39 is 0 Å². The Morgan fingerprint density at radius 3 is 2.35 bits per heavy atom. The van der Waals surface area contributed by atoms with Crippen molar-refractivity contribution in [2.75, 3.05) is 17.7 Å². The maximum atomic E-state index is 12.6. The number of amides is 1. The molecule has 0 saturated carbocycles. The fourth-order valence-electron chi connectivity index (χ4n) is 2.34. The second-order valence-corrected chi connectivity index (χ2v) is 5.23. The van der Waals surface area contributed by atoms with Gasteiger partial charge in [0.1, 0.15) is 0 Å². The largest absolute Gasteiger partial charge is 0.399 e. The molecule has 0 radical (unpaired) electrons. The third-order valence-electron chi connectivity index (χ3n) is 3.51. The fraction of sp³-hybridized carbons (Fsp3) is 0.235.